The van der Waals surface area contributed by atoms with Gasteiger partial charge in [-0.15, -0.1) is 0 Å². The summed E-state index contributed by atoms with van der Waals surface area (Å²) in [6.07, 6.45) is 5.16. The Balaban J connectivity index is 2.84. The maximum Gasteiger partial charge on any atom is -0.0251 e. The Labute approximate surface area is 76.4 Å². The lowest BCUT2D eigenvalue weighted by Gasteiger charge is -2.24. The first-order valence-corrected chi connectivity index (χ1v) is 5.02. The molecule has 0 amide bonds. The molecule has 0 radical (unpaired) electrons. The van der Waals surface area contributed by atoms with Gasteiger partial charge in [-0.25, -0.2) is 0 Å². The van der Waals surface area contributed by atoms with Crippen LogP contribution >= 0.6 is 0 Å². The minimum atomic E-state index is 0.868. The Hall–Kier alpha value is -0.520. The summed E-state index contributed by atoms with van der Waals surface area (Å²) in [5, 5.41) is 0. The standard InChI is InChI=1S/C12H20/c1-5-11-7-6-10(4)8-12(11)9(2)3/h10H,2,5-8H2,1,3-4H3. The van der Waals surface area contributed by atoms with Crippen LogP contribution in [-0.4, -0.2) is 0 Å². The molecular weight excluding hydrogens is 144 g/mol. The van der Waals surface area contributed by atoms with Crippen molar-refractivity contribution in [3.8, 4) is 0 Å². The first kappa shape index (κ1) is 9.57. The van der Waals surface area contributed by atoms with Crippen molar-refractivity contribution in [2.75, 3.05) is 0 Å². The summed E-state index contributed by atoms with van der Waals surface area (Å²) in [4.78, 5) is 0. The molecule has 1 rings (SSSR count). The molecule has 0 aromatic rings. The monoisotopic (exact) mass is 164 g/mol. The highest BCUT2D eigenvalue weighted by atomic mass is 14.2. The summed E-state index contributed by atoms with van der Waals surface area (Å²) >= 11 is 0. The molecule has 0 saturated heterocycles. The van der Waals surface area contributed by atoms with Crippen molar-refractivity contribution in [2.24, 2.45) is 5.92 Å². The smallest absolute Gasteiger partial charge is 0.0251 e. The Morgan fingerprint density at radius 1 is 1.58 bits per heavy atom. The SMILES string of the molecule is C=C(C)C1=C(CC)CCC(C)C1. The van der Waals surface area contributed by atoms with Gasteiger partial charge in [0.15, 0.2) is 0 Å². The summed E-state index contributed by atoms with van der Waals surface area (Å²) in [7, 11) is 0. The van der Waals surface area contributed by atoms with Crippen molar-refractivity contribution in [1.82, 2.24) is 0 Å². The van der Waals surface area contributed by atoms with Gasteiger partial charge in [-0.3, -0.25) is 0 Å². The van der Waals surface area contributed by atoms with Gasteiger partial charge in [0, 0.05) is 0 Å². The summed E-state index contributed by atoms with van der Waals surface area (Å²) in [5.74, 6) is 0.868. The minimum Gasteiger partial charge on any atom is -0.0958 e. The fourth-order valence-electron chi connectivity index (χ4n) is 2.03. The van der Waals surface area contributed by atoms with Crippen LogP contribution in [0.3, 0.4) is 0 Å². The molecule has 0 saturated carbocycles. The van der Waals surface area contributed by atoms with Gasteiger partial charge in [-0.2, -0.15) is 0 Å². The van der Waals surface area contributed by atoms with Crippen LogP contribution in [0.4, 0.5) is 0 Å². The van der Waals surface area contributed by atoms with E-state index in [1.807, 2.05) is 0 Å². The van der Waals surface area contributed by atoms with Crippen LogP contribution in [0.5, 0.6) is 0 Å². The number of hydrogen-bond donors (Lipinski definition) is 0. The predicted molar refractivity (Wildman–Crippen MR) is 55.1 cm³/mol. The zero-order chi connectivity index (χ0) is 9.14. The van der Waals surface area contributed by atoms with E-state index in [0.717, 1.165) is 5.92 Å². The van der Waals surface area contributed by atoms with Crippen LogP contribution in [0.15, 0.2) is 23.3 Å². The lowest BCUT2D eigenvalue weighted by atomic mass is 9.81. The first-order valence-electron chi connectivity index (χ1n) is 5.02. The molecule has 0 N–H and O–H groups in total. The van der Waals surface area contributed by atoms with Gasteiger partial charge >= 0.3 is 0 Å². The normalized spacial score (nSPS) is 24.4. The van der Waals surface area contributed by atoms with E-state index in [-0.39, 0.29) is 0 Å². The number of hydrogen-bond acceptors (Lipinski definition) is 0. The summed E-state index contributed by atoms with van der Waals surface area (Å²) in [6.45, 7) is 10.8. The molecule has 0 aliphatic heterocycles. The van der Waals surface area contributed by atoms with Crippen LogP contribution in [0.25, 0.3) is 0 Å². The van der Waals surface area contributed by atoms with Crippen molar-refractivity contribution >= 4 is 0 Å². The third-order valence-corrected chi connectivity index (χ3v) is 2.86. The molecule has 0 nitrogen and oxygen atoms in total. The van der Waals surface area contributed by atoms with Crippen molar-refractivity contribution < 1.29 is 0 Å². The number of rotatable bonds is 2. The molecule has 0 aromatic heterocycles. The van der Waals surface area contributed by atoms with E-state index < -0.39 is 0 Å². The van der Waals surface area contributed by atoms with Crippen LogP contribution in [0.2, 0.25) is 0 Å². The maximum atomic E-state index is 4.05. The van der Waals surface area contributed by atoms with E-state index in [0.29, 0.717) is 0 Å². The lowest BCUT2D eigenvalue weighted by molar-refractivity contribution is 0.493. The van der Waals surface area contributed by atoms with E-state index in [1.54, 1.807) is 11.1 Å². The molecule has 68 valence electrons. The second-order valence-corrected chi connectivity index (χ2v) is 4.06. The summed E-state index contributed by atoms with van der Waals surface area (Å²) < 4.78 is 0. The molecule has 1 aliphatic rings. The summed E-state index contributed by atoms with van der Waals surface area (Å²) in [5.41, 5.74) is 4.51. The topological polar surface area (TPSA) is 0 Å². The van der Waals surface area contributed by atoms with E-state index in [4.69, 9.17) is 0 Å². The average molecular weight is 164 g/mol. The lowest BCUT2D eigenvalue weighted by Crippen LogP contribution is -2.07. The molecule has 0 spiro atoms. The zero-order valence-corrected chi connectivity index (χ0v) is 8.61. The third-order valence-electron chi connectivity index (χ3n) is 2.86. The Bertz CT molecular complexity index is 208. The van der Waals surface area contributed by atoms with Crippen LogP contribution < -0.4 is 0 Å². The van der Waals surface area contributed by atoms with Crippen LogP contribution in [0, 0.1) is 5.92 Å². The first-order chi connectivity index (χ1) is 5.65. The van der Waals surface area contributed by atoms with E-state index in [1.165, 1.54) is 31.3 Å². The Kier molecular flexibility index (Phi) is 3.13. The highest BCUT2D eigenvalue weighted by Crippen LogP contribution is 2.33. The molecule has 0 heterocycles. The molecule has 12 heavy (non-hydrogen) atoms. The van der Waals surface area contributed by atoms with Crippen molar-refractivity contribution in [1.29, 1.82) is 0 Å². The second kappa shape index (κ2) is 3.93. The van der Waals surface area contributed by atoms with E-state index in [9.17, 15) is 0 Å². The molecule has 1 aliphatic carbocycles. The highest BCUT2D eigenvalue weighted by molar-refractivity contribution is 5.33. The van der Waals surface area contributed by atoms with Crippen molar-refractivity contribution in [3.05, 3.63) is 23.3 Å². The maximum absolute atomic E-state index is 4.05. The fraction of sp³-hybridized carbons (Fsp3) is 0.667. The average Bonchev–Trinajstić information content (AvgIpc) is 2.04. The second-order valence-electron chi connectivity index (χ2n) is 4.06. The Morgan fingerprint density at radius 2 is 2.25 bits per heavy atom. The highest BCUT2D eigenvalue weighted by Gasteiger charge is 2.16. The fourth-order valence-corrected chi connectivity index (χ4v) is 2.03. The van der Waals surface area contributed by atoms with E-state index in [2.05, 4.69) is 27.4 Å². The van der Waals surface area contributed by atoms with Gasteiger partial charge in [0.1, 0.15) is 0 Å². The minimum absolute atomic E-state index is 0.868. The molecule has 0 heteroatoms. The van der Waals surface area contributed by atoms with E-state index >= 15 is 0 Å². The molecule has 0 bridgehead atoms. The van der Waals surface area contributed by atoms with Crippen molar-refractivity contribution in [2.45, 2.75) is 46.5 Å². The molecular formula is C12H20. The van der Waals surface area contributed by atoms with Gasteiger partial charge in [0.05, 0.1) is 0 Å². The van der Waals surface area contributed by atoms with Crippen molar-refractivity contribution in [3.63, 3.8) is 0 Å². The molecule has 0 fully saturated rings. The zero-order valence-electron chi connectivity index (χ0n) is 8.61. The van der Waals surface area contributed by atoms with Gasteiger partial charge in [0.2, 0.25) is 0 Å². The Morgan fingerprint density at radius 3 is 2.75 bits per heavy atom. The molecule has 0 aromatic carbocycles. The number of allylic oxidation sites excluding steroid dienone is 3. The van der Waals surface area contributed by atoms with Gasteiger partial charge in [0.25, 0.3) is 0 Å². The molecule has 1 unspecified atom stereocenters. The van der Waals surface area contributed by atoms with Gasteiger partial charge < -0.3 is 0 Å². The quantitative estimate of drug-likeness (QED) is 0.576. The largest absolute Gasteiger partial charge is 0.0958 e. The molecule has 1 atom stereocenters. The summed E-state index contributed by atoms with van der Waals surface area (Å²) in [6, 6.07) is 0. The van der Waals surface area contributed by atoms with Gasteiger partial charge in [-0.1, -0.05) is 31.6 Å². The van der Waals surface area contributed by atoms with Crippen LogP contribution in [-0.2, 0) is 0 Å². The predicted octanol–water partition coefficient (Wildman–Crippen LogP) is 4.09. The van der Waals surface area contributed by atoms with Crippen LogP contribution in [0.1, 0.15) is 46.5 Å². The third kappa shape index (κ3) is 2.00. The van der Waals surface area contributed by atoms with Gasteiger partial charge in [-0.05, 0) is 44.1 Å².